The van der Waals surface area contributed by atoms with E-state index in [2.05, 4.69) is 32.9 Å². The minimum atomic E-state index is -0.766. The van der Waals surface area contributed by atoms with Crippen LogP contribution in [0.3, 0.4) is 0 Å². The molecule has 0 bridgehead atoms. The number of allylic oxidation sites excluding steroid dienone is 2. The quantitative estimate of drug-likeness (QED) is 0.0261. The van der Waals surface area contributed by atoms with Crippen LogP contribution in [0, 0.1) is 0 Å². The van der Waals surface area contributed by atoms with Crippen LogP contribution < -0.4 is 0 Å². The van der Waals surface area contributed by atoms with Crippen molar-refractivity contribution in [2.24, 2.45) is 0 Å². The molecule has 0 aliphatic rings. The number of carbonyl (C=O) groups excluding carboxylic acids is 3. The highest BCUT2D eigenvalue weighted by atomic mass is 16.6. The Kier molecular flexibility index (Phi) is 69.0. The zero-order valence-corrected chi connectivity index (χ0v) is 55.4. The Morgan fingerprint density at radius 3 is 0.617 bits per heavy atom. The third-order valence-corrected chi connectivity index (χ3v) is 17.3. The summed E-state index contributed by atoms with van der Waals surface area (Å²) in [6.45, 7) is 6.74. The third kappa shape index (κ3) is 68.8. The fourth-order valence-corrected chi connectivity index (χ4v) is 11.7. The topological polar surface area (TPSA) is 78.9 Å². The number of ether oxygens (including phenoxy) is 3. The summed E-state index contributed by atoms with van der Waals surface area (Å²) in [4.78, 5) is 38.5. The summed E-state index contributed by atoms with van der Waals surface area (Å²) in [6.07, 6.45) is 85.4. The lowest BCUT2D eigenvalue weighted by molar-refractivity contribution is -0.167. The van der Waals surface area contributed by atoms with E-state index >= 15 is 0 Å². The maximum Gasteiger partial charge on any atom is 0.306 e. The summed E-state index contributed by atoms with van der Waals surface area (Å²) >= 11 is 0. The Labute approximate surface area is 507 Å². The molecule has 0 aromatic carbocycles. The van der Waals surface area contributed by atoms with Crippen LogP contribution in [-0.4, -0.2) is 37.2 Å². The van der Waals surface area contributed by atoms with Gasteiger partial charge in [-0.1, -0.05) is 380 Å². The number of rotatable bonds is 70. The predicted molar refractivity (Wildman–Crippen MR) is 353 cm³/mol. The van der Waals surface area contributed by atoms with Gasteiger partial charge in [0.05, 0.1) is 0 Å². The summed E-state index contributed by atoms with van der Waals surface area (Å²) in [5, 5.41) is 0. The lowest BCUT2D eigenvalue weighted by Crippen LogP contribution is -2.30. The lowest BCUT2D eigenvalue weighted by Gasteiger charge is -2.18. The molecule has 0 aliphatic carbocycles. The number of hydrogen-bond acceptors (Lipinski definition) is 6. The average molecular weight is 1140 g/mol. The minimum absolute atomic E-state index is 0.0623. The molecule has 0 spiro atoms. The molecule has 0 N–H and O–H groups in total. The van der Waals surface area contributed by atoms with E-state index < -0.39 is 6.10 Å². The molecule has 0 radical (unpaired) electrons. The first-order valence-electron chi connectivity index (χ1n) is 37.2. The second kappa shape index (κ2) is 70.6. The van der Waals surface area contributed by atoms with E-state index in [-0.39, 0.29) is 31.1 Å². The first-order chi connectivity index (χ1) is 40.0. The van der Waals surface area contributed by atoms with Crippen molar-refractivity contribution in [3.63, 3.8) is 0 Å². The normalized spacial score (nSPS) is 12.0. The molecular weight excluding hydrogens is 997 g/mol. The SMILES string of the molecule is CCCCCCCCCC/C=C\CCCCCCCCCCCCCCCC(=O)OCC(COC(=O)CCCCCCCCCCCCCCCC)OC(=O)CCCCCCCCCCCCCCCCCCCCCCCCCC. The van der Waals surface area contributed by atoms with Crippen LogP contribution in [0.4, 0.5) is 0 Å². The van der Waals surface area contributed by atoms with Crippen LogP contribution in [0.1, 0.15) is 432 Å². The molecule has 0 aromatic rings. The van der Waals surface area contributed by atoms with Crippen molar-refractivity contribution < 1.29 is 28.6 Å². The van der Waals surface area contributed by atoms with Crippen molar-refractivity contribution in [1.82, 2.24) is 0 Å². The zero-order chi connectivity index (χ0) is 58.5. The molecule has 1 unspecified atom stereocenters. The van der Waals surface area contributed by atoms with Gasteiger partial charge in [0.15, 0.2) is 6.10 Å². The molecule has 6 nitrogen and oxygen atoms in total. The first kappa shape index (κ1) is 79.2. The van der Waals surface area contributed by atoms with Crippen LogP contribution in [0.25, 0.3) is 0 Å². The monoisotopic (exact) mass is 1140 g/mol. The number of hydrogen-bond donors (Lipinski definition) is 0. The summed E-state index contributed by atoms with van der Waals surface area (Å²) in [5.74, 6) is -0.823. The Morgan fingerprint density at radius 1 is 0.235 bits per heavy atom. The minimum Gasteiger partial charge on any atom is -0.462 e. The van der Waals surface area contributed by atoms with Gasteiger partial charge in [0.1, 0.15) is 13.2 Å². The highest BCUT2D eigenvalue weighted by Gasteiger charge is 2.20. The van der Waals surface area contributed by atoms with Crippen molar-refractivity contribution in [2.45, 2.75) is 438 Å². The molecule has 1 atom stereocenters. The molecule has 0 saturated heterocycles. The van der Waals surface area contributed by atoms with E-state index in [9.17, 15) is 14.4 Å². The molecule has 0 saturated carbocycles. The third-order valence-electron chi connectivity index (χ3n) is 17.3. The van der Waals surface area contributed by atoms with Gasteiger partial charge in [-0.15, -0.1) is 0 Å². The van der Waals surface area contributed by atoms with Gasteiger partial charge < -0.3 is 14.2 Å². The molecule has 6 heteroatoms. The molecule has 0 fully saturated rings. The Balaban J connectivity index is 4.21. The van der Waals surface area contributed by atoms with Crippen molar-refractivity contribution >= 4 is 17.9 Å². The van der Waals surface area contributed by atoms with E-state index in [0.29, 0.717) is 19.3 Å². The van der Waals surface area contributed by atoms with E-state index in [1.165, 1.54) is 334 Å². The highest BCUT2D eigenvalue weighted by molar-refractivity contribution is 5.71. The van der Waals surface area contributed by atoms with Crippen molar-refractivity contribution in [3.8, 4) is 0 Å². The molecular formula is C75H144O6. The molecule has 81 heavy (non-hydrogen) atoms. The highest BCUT2D eigenvalue weighted by Crippen LogP contribution is 2.19. The first-order valence-corrected chi connectivity index (χ1v) is 37.2. The van der Waals surface area contributed by atoms with Crippen LogP contribution in [-0.2, 0) is 28.6 Å². The summed E-state index contributed by atoms with van der Waals surface area (Å²) < 4.78 is 17.0. The van der Waals surface area contributed by atoms with E-state index in [1.54, 1.807) is 0 Å². The van der Waals surface area contributed by atoms with Gasteiger partial charge in [-0.05, 0) is 44.9 Å². The largest absolute Gasteiger partial charge is 0.462 e. The molecule has 0 amide bonds. The van der Waals surface area contributed by atoms with Crippen LogP contribution >= 0.6 is 0 Å². The summed E-state index contributed by atoms with van der Waals surface area (Å²) in [6, 6.07) is 0. The van der Waals surface area contributed by atoms with Gasteiger partial charge >= 0.3 is 17.9 Å². The summed E-state index contributed by atoms with van der Waals surface area (Å²) in [7, 11) is 0. The van der Waals surface area contributed by atoms with Gasteiger partial charge in [0.25, 0.3) is 0 Å². The predicted octanol–water partition coefficient (Wildman–Crippen LogP) is 25.6. The molecule has 480 valence electrons. The fraction of sp³-hybridized carbons (Fsp3) is 0.933. The second-order valence-corrected chi connectivity index (χ2v) is 25.6. The molecule has 0 heterocycles. The Morgan fingerprint density at radius 2 is 0.407 bits per heavy atom. The van der Waals surface area contributed by atoms with Gasteiger partial charge in [-0.2, -0.15) is 0 Å². The van der Waals surface area contributed by atoms with Crippen LogP contribution in [0.2, 0.25) is 0 Å². The van der Waals surface area contributed by atoms with Crippen molar-refractivity contribution in [1.29, 1.82) is 0 Å². The Hall–Kier alpha value is -1.85. The maximum atomic E-state index is 13.0. The van der Waals surface area contributed by atoms with Gasteiger partial charge in [-0.25, -0.2) is 0 Å². The van der Waals surface area contributed by atoms with Crippen molar-refractivity contribution in [2.75, 3.05) is 13.2 Å². The van der Waals surface area contributed by atoms with Crippen molar-refractivity contribution in [3.05, 3.63) is 12.2 Å². The second-order valence-electron chi connectivity index (χ2n) is 25.6. The Bertz CT molecular complexity index is 1260. The van der Waals surface area contributed by atoms with E-state index in [4.69, 9.17) is 14.2 Å². The van der Waals surface area contributed by atoms with E-state index in [1.807, 2.05) is 0 Å². The van der Waals surface area contributed by atoms with Crippen LogP contribution in [0.15, 0.2) is 12.2 Å². The maximum absolute atomic E-state index is 13.0. The number of carbonyl (C=O) groups is 3. The van der Waals surface area contributed by atoms with Crippen LogP contribution in [0.5, 0.6) is 0 Å². The lowest BCUT2D eigenvalue weighted by atomic mass is 10.0. The zero-order valence-electron chi connectivity index (χ0n) is 55.4. The summed E-state index contributed by atoms with van der Waals surface area (Å²) in [5.41, 5.74) is 0. The fourth-order valence-electron chi connectivity index (χ4n) is 11.7. The molecule has 0 aliphatic heterocycles. The van der Waals surface area contributed by atoms with Gasteiger partial charge in [0.2, 0.25) is 0 Å². The molecule has 0 rings (SSSR count). The standard InChI is InChI=1S/C75H144O6/c1-4-7-10-13-16-19-22-25-28-30-32-34-36-38-40-41-43-45-47-50-53-56-59-62-65-68-74(77)80-71-72(70-79-73(76)67-64-61-58-55-52-49-27-24-21-18-15-12-9-6-3)81-75(78)69-66-63-60-57-54-51-48-46-44-42-39-37-35-33-31-29-26-23-20-17-14-11-8-5-2/h30,32,72H,4-29,31,33-71H2,1-3H3/b32-30-. The van der Waals surface area contributed by atoms with E-state index in [0.717, 1.165) is 57.8 Å². The van der Waals surface area contributed by atoms with Gasteiger partial charge in [0, 0.05) is 19.3 Å². The van der Waals surface area contributed by atoms with Gasteiger partial charge in [-0.3, -0.25) is 14.4 Å². The molecule has 0 aromatic heterocycles. The average Bonchev–Trinajstić information content (AvgIpc) is 3.47. The number of esters is 3. The number of unbranched alkanes of at least 4 members (excludes halogenated alkanes) is 57. The smallest absolute Gasteiger partial charge is 0.306 e.